The molecule has 92 valence electrons. The van der Waals surface area contributed by atoms with Crippen LogP contribution < -0.4 is 5.32 Å². The van der Waals surface area contributed by atoms with Crippen molar-refractivity contribution in [3.05, 3.63) is 0 Å². The lowest BCUT2D eigenvalue weighted by atomic mass is 9.80. The number of aliphatic carboxylic acids is 1. The van der Waals surface area contributed by atoms with E-state index in [1.807, 2.05) is 0 Å². The van der Waals surface area contributed by atoms with E-state index in [1.54, 1.807) is 0 Å². The molecule has 0 atom stereocenters. The lowest BCUT2D eigenvalue weighted by Crippen LogP contribution is -2.34. The van der Waals surface area contributed by atoms with Gasteiger partial charge in [-0.25, -0.2) is 0 Å². The number of rotatable bonds is 5. The third-order valence-electron chi connectivity index (χ3n) is 3.43. The minimum atomic E-state index is -0.866. The van der Waals surface area contributed by atoms with Crippen molar-refractivity contribution in [3.63, 3.8) is 0 Å². The van der Waals surface area contributed by atoms with Crippen molar-refractivity contribution in [2.24, 2.45) is 11.8 Å². The average Bonchev–Trinajstić information content (AvgIpc) is 2.28. The maximum atomic E-state index is 11.7. The summed E-state index contributed by atoms with van der Waals surface area (Å²) in [4.78, 5) is 22.0. The maximum absolute atomic E-state index is 11.7. The van der Waals surface area contributed by atoms with Crippen LogP contribution >= 0.6 is 0 Å². The topological polar surface area (TPSA) is 66.4 Å². The third-order valence-corrected chi connectivity index (χ3v) is 3.43. The molecular formula is C12H21NO3. The molecule has 1 rings (SSSR count). The van der Waals surface area contributed by atoms with Gasteiger partial charge in [-0.2, -0.15) is 0 Å². The fraction of sp³-hybridized carbons (Fsp3) is 0.833. The van der Waals surface area contributed by atoms with Gasteiger partial charge < -0.3 is 10.4 Å². The SMILES string of the molecule is CCC1CCC(C(=O)NCCC(=O)O)CC1. The summed E-state index contributed by atoms with van der Waals surface area (Å²) in [7, 11) is 0. The average molecular weight is 227 g/mol. The Morgan fingerprint density at radius 1 is 1.25 bits per heavy atom. The van der Waals surface area contributed by atoms with Crippen molar-refractivity contribution in [2.45, 2.75) is 45.4 Å². The molecule has 0 unspecified atom stereocenters. The highest BCUT2D eigenvalue weighted by Gasteiger charge is 2.25. The Labute approximate surface area is 96.4 Å². The van der Waals surface area contributed by atoms with Crippen LogP contribution in [0, 0.1) is 11.8 Å². The summed E-state index contributed by atoms with van der Waals surface area (Å²) in [5, 5.41) is 11.1. The highest BCUT2D eigenvalue weighted by atomic mass is 16.4. The molecule has 0 bridgehead atoms. The number of nitrogens with one attached hydrogen (secondary N) is 1. The predicted molar refractivity (Wildman–Crippen MR) is 61.0 cm³/mol. The van der Waals surface area contributed by atoms with E-state index in [4.69, 9.17) is 5.11 Å². The number of carboxylic acids is 1. The lowest BCUT2D eigenvalue weighted by Gasteiger charge is -2.26. The molecule has 1 fully saturated rings. The van der Waals surface area contributed by atoms with Gasteiger partial charge in [0, 0.05) is 12.5 Å². The molecule has 0 radical (unpaired) electrons. The van der Waals surface area contributed by atoms with Crippen molar-refractivity contribution in [2.75, 3.05) is 6.54 Å². The van der Waals surface area contributed by atoms with E-state index in [-0.39, 0.29) is 24.8 Å². The van der Waals surface area contributed by atoms with E-state index in [0.29, 0.717) is 0 Å². The van der Waals surface area contributed by atoms with E-state index in [0.717, 1.165) is 31.6 Å². The van der Waals surface area contributed by atoms with Gasteiger partial charge in [-0.15, -0.1) is 0 Å². The van der Waals surface area contributed by atoms with E-state index < -0.39 is 5.97 Å². The minimum Gasteiger partial charge on any atom is -0.481 e. The third kappa shape index (κ3) is 4.21. The first-order chi connectivity index (χ1) is 7.63. The summed E-state index contributed by atoms with van der Waals surface area (Å²) in [5.41, 5.74) is 0. The normalized spacial score (nSPS) is 25.1. The summed E-state index contributed by atoms with van der Waals surface area (Å²) in [6.07, 6.45) is 5.39. The molecule has 0 aliphatic heterocycles. The van der Waals surface area contributed by atoms with Crippen molar-refractivity contribution in [3.8, 4) is 0 Å². The molecule has 1 aliphatic rings. The highest BCUT2D eigenvalue weighted by molar-refractivity contribution is 5.79. The zero-order valence-electron chi connectivity index (χ0n) is 9.87. The number of amides is 1. The van der Waals surface area contributed by atoms with E-state index in [1.165, 1.54) is 6.42 Å². The Morgan fingerprint density at radius 3 is 2.38 bits per heavy atom. The largest absolute Gasteiger partial charge is 0.481 e. The number of hydrogen-bond acceptors (Lipinski definition) is 2. The Balaban J connectivity index is 2.20. The molecule has 0 aromatic carbocycles. The van der Waals surface area contributed by atoms with Crippen LogP contribution in [0.15, 0.2) is 0 Å². The van der Waals surface area contributed by atoms with Gasteiger partial charge in [-0.3, -0.25) is 9.59 Å². The fourth-order valence-corrected chi connectivity index (χ4v) is 2.27. The smallest absolute Gasteiger partial charge is 0.305 e. The molecule has 0 spiro atoms. The first-order valence-corrected chi connectivity index (χ1v) is 6.13. The summed E-state index contributed by atoms with van der Waals surface area (Å²) in [6, 6.07) is 0. The van der Waals surface area contributed by atoms with Crippen molar-refractivity contribution >= 4 is 11.9 Å². The van der Waals surface area contributed by atoms with Crippen LogP contribution in [-0.2, 0) is 9.59 Å². The van der Waals surface area contributed by atoms with E-state index in [9.17, 15) is 9.59 Å². The van der Waals surface area contributed by atoms with Gasteiger partial charge >= 0.3 is 5.97 Å². The molecule has 1 aliphatic carbocycles. The van der Waals surface area contributed by atoms with E-state index in [2.05, 4.69) is 12.2 Å². The quantitative estimate of drug-likeness (QED) is 0.752. The Morgan fingerprint density at radius 2 is 1.88 bits per heavy atom. The molecule has 0 aromatic heterocycles. The summed E-state index contributed by atoms with van der Waals surface area (Å²) in [5.74, 6) is 0.0606. The number of carbonyl (C=O) groups excluding carboxylic acids is 1. The van der Waals surface area contributed by atoms with Gasteiger partial charge in [-0.1, -0.05) is 13.3 Å². The summed E-state index contributed by atoms with van der Waals surface area (Å²) < 4.78 is 0. The number of carboxylic acid groups (broad SMARTS) is 1. The molecule has 0 heterocycles. The van der Waals surface area contributed by atoms with E-state index >= 15 is 0 Å². The number of carbonyl (C=O) groups is 2. The number of hydrogen-bond donors (Lipinski definition) is 2. The van der Waals surface area contributed by atoms with Crippen molar-refractivity contribution in [1.29, 1.82) is 0 Å². The van der Waals surface area contributed by atoms with Gasteiger partial charge in [0.05, 0.1) is 6.42 Å². The minimum absolute atomic E-state index is 0.00997. The molecule has 16 heavy (non-hydrogen) atoms. The monoisotopic (exact) mass is 227 g/mol. The molecule has 0 aromatic rings. The second-order valence-corrected chi connectivity index (χ2v) is 4.56. The Bertz CT molecular complexity index is 245. The molecular weight excluding hydrogens is 206 g/mol. The van der Waals surface area contributed by atoms with Crippen LogP contribution in [0.3, 0.4) is 0 Å². The van der Waals surface area contributed by atoms with Gasteiger partial charge in [-0.05, 0) is 31.6 Å². The molecule has 4 heteroatoms. The van der Waals surface area contributed by atoms with Gasteiger partial charge in [0.25, 0.3) is 0 Å². The van der Waals surface area contributed by atoms with Gasteiger partial charge in [0.2, 0.25) is 5.91 Å². The van der Waals surface area contributed by atoms with Crippen LogP contribution in [0.2, 0.25) is 0 Å². The highest BCUT2D eigenvalue weighted by Crippen LogP contribution is 2.30. The molecule has 2 N–H and O–H groups in total. The standard InChI is InChI=1S/C12H21NO3/c1-2-9-3-5-10(6-4-9)12(16)13-8-7-11(14)15/h9-10H,2-8H2,1H3,(H,13,16)(H,14,15). The molecule has 1 saturated carbocycles. The zero-order chi connectivity index (χ0) is 12.0. The summed E-state index contributed by atoms with van der Waals surface area (Å²) in [6.45, 7) is 2.44. The second-order valence-electron chi connectivity index (χ2n) is 4.56. The van der Waals surface area contributed by atoms with Gasteiger partial charge in [0.1, 0.15) is 0 Å². The van der Waals surface area contributed by atoms with Crippen LogP contribution in [0.1, 0.15) is 45.4 Å². The predicted octanol–water partition coefficient (Wildman–Crippen LogP) is 1.79. The Hall–Kier alpha value is -1.06. The molecule has 4 nitrogen and oxygen atoms in total. The zero-order valence-corrected chi connectivity index (χ0v) is 9.87. The summed E-state index contributed by atoms with van der Waals surface area (Å²) >= 11 is 0. The molecule has 0 saturated heterocycles. The fourth-order valence-electron chi connectivity index (χ4n) is 2.27. The Kier molecular flexibility index (Phi) is 5.29. The van der Waals surface area contributed by atoms with Crippen molar-refractivity contribution in [1.82, 2.24) is 5.32 Å². The first kappa shape index (κ1) is 13.0. The first-order valence-electron chi connectivity index (χ1n) is 6.13. The van der Waals surface area contributed by atoms with Crippen LogP contribution in [0.4, 0.5) is 0 Å². The van der Waals surface area contributed by atoms with Crippen LogP contribution in [0.25, 0.3) is 0 Å². The second kappa shape index (κ2) is 6.51. The molecule has 1 amide bonds. The van der Waals surface area contributed by atoms with Crippen molar-refractivity contribution < 1.29 is 14.7 Å². The van der Waals surface area contributed by atoms with Crippen LogP contribution in [-0.4, -0.2) is 23.5 Å². The van der Waals surface area contributed by atoms with Crippen LogP contribution in [0.5, 0.6) is 0 Å². The van der Waals surface area contributed by atoms with Gasteiger partial charge in [0.15, 0.2) is 0 Å². The lowest BCUT2D eigenvalue weighted by molar-refractivity contribution is -0.137. The maximum Gasteiger partial charge on any atom is 0.305 e.